The molecule has 1 saturated carbocycles. The van der Waals surface area contributed by atoms with Crippen molar-refractivity contribution in [3.63, 3.8) is 0 Å². The van der Waals surface area contributed by atoms with Crippen molar-refractivity contribution in [3.05, 3.63) is 24.0 Å². The van der Waals surface area contributed by atoms with Crippen LogP contribution in [0.2, 0.25) is 0 Å². The van der Waals surface area contributed by atoms with E-state index in [1.54, 1.807) is 0 Å². The fourth-order valence-electron chi connectivity index (χ4n) is 3.50. The van der Waals surface area contributed by atoms with Crippen LogP contribution < -0.4 is 5.73 Å². The second-order valence-electron chi connectivity index (χ2n) is 6.50. The second kappa shape index (κ2) is 6.06. The van der Waals surface area contributed by atoms with E-state index in [1.165, 1.54) is 32.1 Å². The zero-order valence-corrected chi connectivity index (χ0v) is 12.8. The minimum atomic E-state index is -0.0176. The maximum absolute atomic E-state index is 9.55. The van der Waals surface area contributed by atoms with E-state index in [0.717, 1.165) is 40.9 Å². The summed E-state index contributed by atoms with van der Waals surface area (Å²) in [7, 11) is 0. The number of nitrogen functional groups attached to an aromatic ring is 1. The van der Waals surface area contributed by atoms with E-state index in [1.807, 2.05) is 18.2 Å². The van der Waals surface area contributed by atoms with E-state index >= 15 is 0 Å². The molecule has 1 aromatic carbocycles. The van der Waals surface area contributed by atoms with E-state index in [9.17, 15) is 5.11 Å². The Labute approximate surface area is 126 Å². The van der Waals surface area contributed by atoms with Crippen molar-refractivity contribution >= 4 is 16.7 Å². The van der Waals surface area contributed by atoms with Gasteiger partial charge in [-0.15, -0.1) is 0 Å². The SMILES string of the molecule is CC1CCC(CCn2c(CO)nc3cc(N)ccc32)CC1. The zero-order chi connectivity index (χ0) is 14.8. The maximum atomic E-state index is 9.55. The number of nitrogens with two attached hydrogens (primary N) is 1. The first-order chi connectivity index (χ1) is 10.2. The van der Waals surface area contributed by atoms with E-state index < -0.39 is 0 Å². The Morgan fingerprint density at radius 1 is 1.29 bits per heavy atom. The fourth-order valence-corrected chi connectivity index (χ4v) is 3.50. The van der Waals surface area contributed by atoms with Crippen LogP contribution in [0.15, 0.2) is 18.2 Å². The summed E-state index contributed by atoms with van der Waals surface area (Å²) in [4.78, 5) is 4.50. The van der Waals surface area contributed by atoms with Gasteiger partial charge in [0, 0.05) is 12.2 Å². The molecule has 21 heavy (non-hydrogen) atoms. The molecule has 3 rings (SSSR count). The van der Waals surface area contributed by atoms with Gasteiger partial charge >= 0.3 is 0 Å². The number of aliphatic hydroxyl groups is 1. The van der Waals surface area contributed by atoms with Gasteiger partial charge in [0.2, 0.25) is 0 Å². The third kappa shape index (κ3) is 3.05. The first-order valence-corrected chi connectivity index (χ1v) is 8.03. The van der Waals surface area contributed by atoms with Crippen molar-refractivity contribution in [3.8, 4) is 0 Å². The summed E-state index contributed by atoms with van der Waals surface area (Å²) in [5.74, 6) is 2.46. The number of hydrogen-bond donors (Lipinski definition) is 2. The predicted molar refractivity (Wildman–Crippen MR) is 85.8 cm³/mol. The first kappa shape index (κ1) is 14.4. The third-order valence-corrected chi connectivity index (χ3v) is 4.89. The number of hydrogen-bond acceptors (Lipinski definition) is 3. The first-order valence-electron chi connectivity index (χ1n) is 8.03. The number of fused-ring (bicyclic) bond motifs is 1. The lowest BCUT2D eigenvalue weighted by molar-refractivity contribution is 0.252. The van der Waals surface area contributed by atoms with Gasteiger partial charge < -0.3 is 15.4 Å². The highest BCUT2D eigenvalue weighted by atomic mass is 16.3. The highest BCUT2D eigenvalue weighted by Gasteiger charge is 2.19. The molecule has 1 aliphatic carbocycles. The summed E-state index contributed by atoms with van der Waals surface area (Å²) in [5, 5.41) is 9.55. The molecule has 2 aromatic rings. The van der Waals surface area contributed by atoms with Crippen LogP contribution in [0.4, 0.5) is 5.69 Å². The summed E-state index contributed by atoms with van der Waals surface area (Å²) < 4.78 is 2.16. The Morgan fingerprint density at radius 2 is 2.05 bits per heavy atom. The number of anilines is 1. The van der Waals surface area contributed by atoms with E-state index in [0.29, 0.717) is 0 Å². The summed E-state index contributed by atoms with van der Waals surface area (Å²) in [5.41, 5.74) is 8.50. The molecule has 1 fully saturated rings. The van der Waals surface area contributed by atoms with Crippen LogP contribution in [0.5, 0.6) is 0 Å². The number of imidazole rings is 1. The Morgan fingerprint density at radius 3 is 2.76 bits per heavy atom. The molecule has 114 valence electrons. The quantitative estimate of drug-likeness (QED) is 0.848. The molecule has 1 aliphatic rings. The largest absolute Gasteiger partial charge is 0.399 e. The molecule has 0 atom stereocenters. The van der Waals surface area contributed by atoms with E-state index in [2.05, 4.69) is 16.5 Å². The van der Waals surface area contributed by atoms with Crippen LogP contribution in [0, 0.1) is 11.8 Å². The van der Waals surface area contributed by atoms with Gasteiger partial charge in [-0.3, -0.25) is 0 Å². The lowest BCUT2D eigenvalue weighted by Crippen LogP contribution is -2.15. The molecule has 4 nitrogen and oxygen atoms in total. The van der Waals surface area contributed by atoms with Crippen LogP contribution in [0.3, 0.4) is 0 Å². The predicted octanol–water partition coefficient (Wildman–Crippen LogP) is 3.33. The molecule has 0 bridgehead atoms. The Kier molecular flexibility index (Phi) is 4.15. The maximum Gasteiger partial charge on any atom is 0.135 e. The summed E-state index contributed by atoms with van der Waals surface area (Å²) in [6, 6.07) is 5.80. The molecule has 0 aliphatic heterocycles. The second-order valence-corrected chi connectivity index (χ2v) is 6.50. The number of aromatic nitrogens is 2. The van der Waals surface area contributed by atoms with Crippen LogP contribution in [0.25, 0.3) is 11.0 Å². The van der Waals surface area contributed by atoms with Crippen molar-refractivity contribution in [1.29, 1.82) is 0 Å². The third-order valence-electron chi connectivity index (χ3n) is 4.89. The van der Waals surface area contributed by atoms with Gasteiger partial charge in [0.25, 0.3) is 0 Å². The Balaban J connectivity index is 1.76. The molecule has 1 heterocycles. The molecule has 0 amide bonds. The molecule has 0 radical (unpaired) electrons. The van der Waals surface area contributed by atoms with Gasteiger partial charge in [0.05, 0.1) is 11.0 Å². The highest BCUT2D eigenvalue weighted by Crippen LogP contribution is 2.31. The zero-order valence-electron chi connectivity index (χ0n) is 12.8. The average Bonchev–Trinajstić information content (AvgIpc) is 2.83. The van der Waals surface area contributed by atoms with Crippen molar-refractivity contribution < 1.29 is 5.11 Å². The lowest BCUT2D eigenvalue weighted by atomic mass is 9.81. The minimum absolute atomic E-state index is 0.0176. The molecule has 0 spiro atoms. The topological polar surface area (TPSA) is 64.1 Å². The molecule has 1 aromatic heterocycles. The monoisotopic (exact) mass is 287 g/mol. The molecular weight excluding hydrogens is 262 g/mol. The van der Waals surface area contributed by atoms with Crippen molar-refractivity contribution in [2.45, 2.75) is 52.2 Å². The average molecular weight is 287 g/mol. The van der Waals surface area contributed by atoms with Gasteiger partial charge in [0.15, 0.2) is 0 Å². The van der Waals surface area contributed by atoms with Crippen molar-refractivity contribution in [1.82, 2.24) is 9.55 Å². The smallest absolute Gasteiger partial charge is 0.135 e. The van der Waals surface area contributed by atoms with Gasteiger partial charge in [-0.1, -0.05) is 32.6 Å². The molecule has 4 heteroatoms. The molecule has 0 unspecified atom stereocenters. The minimum Gasteiger partial charge on any atom is -0.399 e. The van der Waals surface area contributed by atoms with E-state index in [-0.39, 0.29) is 6.61 Å². The summed E-state index contributed by atoms with van der Waals surface area (Å²) >= 11 is 0. The normalized spacial score (nSPS) is 22.8. The van der Waals surface area contributed by atoms with E-state index in [4.69, 9.17) is 5.73 Å². The Bertz CT molecular complexity index is 612. The van der Waals surface area contributed by atoms with Crippen LogP contribution in [-0.4, -0.2) is 14.7 Å². The summed E-state index contributed by atoms with van der Waals surface area (Å²) in [6.07, 6.45) is 6.58. The van der Waals surface area contributed by atoms with Gasteiger partial charge in [-0.25, -0.2) is 4.98 Å². The van der Waals surface area contributed by atoms with Crippen molar-refractivity contribution in [2.24, 2.45) is 11.8 Å². The van der Waals surface area contributed by atoms with Crippen LogP contribution in [0.1, 0.15) is 44.9 Å². The summed E-state index contributed by atoms with van der Waals surface area (Å²) in [6.45, 7) is 3.28. The fraction of sp³-hybridized carbons (Fsp3) is 0.588. The number of aliphatic hydroxyl groups excluding tert-OH is 1. The highest BCUT2D eigenvalue weighted by molar-refractivity contribution is 5.79. The molecule has 0 saturated heterocycles. The van der Waals surface area contributed by atoms with Gasteiger partial charge in [-0.05, 0) is 36.5 Å². The van der Waals surface area contributed by atoms with Gasteiger partial charge in [0.1, 0.15) is 12.4 Å². The number of benzene rings is 1. The number of aryl methyl sites for hydroxylation is 1. The number of nitrogens with zero attached hydrogens (tertiary/aromatic N) is 2. The lowest BCUT2D eigenvalue weighted by Gasteiger charge is -2.26. The Hall–Kier alpha value is -1.55. The van der Waals surface area contributed by atoms with Crippen LogP contribution >= 0.6 is 0 Å². The standard InChI is InChI=1S/C17H25N3O/c1-12-2-4-13(5-3-12)8-9-20-16-7-6-14(18)10-15(16)19-17(20)11-21/h6-7,10,12-13,21H,2-5,8-9,11,18H2,1H3. The van der Waals surface area contributed by atoms with Crippen molar-refractivity contribution in [2.75, 3.05) is 5.73 Å². The van der Waals surface area contributed by atoms with Crippen LogP contribution in [-0.2, 0) is 13.2 Å². The van der Waals surface area contributed by atoms with Gasteiger partial charge in [-0.2, -0.15) is 0 Å². The molecule has 3 N–H and O–H groups in total. The number of rotatable bonds is 4. The molecular formula is C17H25N3O.